The van der Waals surface area contributed by atoms with E-state index in [0.29, 0.717) is 32.6 Å². The second kappa shape index (κ2) is 7.34. The highest BCUT2D eigenvalue weighted by Gasteiger charge is 2.27. The molecule has 1 fully saturated rings. The molecule has 1 aliphatic heterocycles. The Bertz CT molecular complexity index is 718. The molecule has 0 aromatic heterocycles. The number of piperazine rings is 1. The minimum atomic E-state index is -0.501. The molecular weight excluding hydrogens is 304 g/mol. The van der Waals surface area contributed by atoms with Crippen LogP contribution >= 0.6 is 0 Å². The maximum Gasteiger partial charge on any atom is 0.263 e. The predicted molar refractivity (Wildman–Crippen MR) is 92.9 cm³/mol. The molecule has 3 rings (SSSR count). The zero-order valence-electron chi connectivity index (χ0n) is 13.9. The second-order valence-corrected chi connectivity index (χ2v) is 5.96. The highest BCUT2D eigenvalue weighted by Crippen LogP contribution is 2.27. The minimum absolute atomic E-state index is 0.00372. The van der Waals surface area contributed by atoms with Crippen LogP contribution < -0.4 is 4.74 Å². The van der Waals surface area contributed by atoms with Gasteiger partial charge in [0.15, 0.2) is 6.10 Å². The van der Waals surface area contributed by atoms with Crippen molar-refractivity contribution in [1.82, 2.24) is 9.80 Å². The number of hydrogen-bond donors (Lipinski definition) is 0. The summed E-state index contributed by atoms with van der Waals surface area (Å²) >= 11 is 0. The Morgan fingerprint density at radius 3 is 2.54 bits per heavy atom. The first-order valence-corrected chi connectivity index (χ1v) is 8.35. The Hall–Kier alpha value is -2.56. The maximum atomic E-state index is 12.8. The van der Waals surface area contributed by atoms with E-state index in [-0.39, 0.29) is 5.91 Å². The van der Waals surface area contributed by atoms with Crippen molar-refractivity contribution in [3.8, 4) is 5.75 Å². The van der Waals surface area contributed by atoms with Gasteiger partial charge in [-0.1, -0.05) is 43.3 Å². The molecule has 0 radical (unpaired) electrons. The number of hydrogen-bond acceptors (Lipinski definition) is 3. The third-order valence-corrected chi connectivity index (χ3v) is 4.44. The number of ether oxygens (including phenoxy) is 1. The van der Waals surface area contributed by atoms with Crippen LogP contribution in [0.2, 0.25) is 0 Å². The van der Waals surface area contributed by atoms with Crippen molar-refractivity contribution in [1.29, 1.82) is 0 Å². The van der Waals surface area contributed by atoms with Gasteiger partial charge in [0.05, 0.1) is 0 Å². The second-order valence-electron chi connectivity index (χ2n) is 5.96. The van der Waals surface area contributed by atoms with E-state index in [1.165, 1.54) is 0 Å². The number of benzene rings is 2. The molecule has 0 bridgehead atoms. The average molecular weight is 326 g/mol. The van der Waals surface area contributed by atoms with Gasteiger partial charge >= 0.3 is 0 Å². The summed E-state index contributed by atoms with van der Waals surface area (Å²) in [6.45, 7) is 4.25. The number of rotatable bonds is 5. The first-order chi connectivity index (χ1) is 11.7. The summed E-state index contributed by atoms with van der Waals surface area (Å²) in [6.07, 6.45) is 0.945. The molecule has 0 aliphatic carbocycles. The van der Waals surface area contributed by atoms with Gasteiger partial charge in [-0.15, -0.1) is 0 Å². The first kappa shape index (κ1) is 16.3. The van der Waals surface area contributed by atoms with Gasteiger partial charge in [0.25, 0.3) is 5.91 Å². The molecule has 0 spiro atoms. The molecule has 5 heteroatoms. The summed E-state index contributed by atoms with van der Waals surface area (Å²) in [5.41, 5.74) is 0. The standard InChI is InChI=1S/C19H22N2O3/c1-2-17(19(23)21-12-10-20(14-22)11-13-21)24-18-9-5-7-15-6-3-4-8-16(15)18/h3-9,14,17H,2,10-13H2,1H3/t17-/m0/s1. The van der Waals surface area contributed by atoms with Gasteiger partial charge < -0.3 is 14.5 Å². The van der Waals surface area contributed by atoms with Crippen LogP contribution in [-0.2, 0) is 9.59 Å². The fourth-order valence-electron chi connectivity index (χ4n) is 3.01. The smallest absolute Gasteiger partial charge is 0.263 e. The van der Waals surface area contributed by atoms with Gasteiger partial charge in [-0.3, -0.25) is 9.59 Å². The summed E-state index contributed by atoms with van der Waals surface area (Å²) in [6, 6.07) is 13.9. The van der Waals surface area contributed by atoms with Gasteiger partial charge in [-0.05, 0) is 17.9 Å². The van der Waals surface area contributed by atoms with Crippen molar-refractivity contribution in [2.45, 2.75) is 19.4 Å². The molecule has 0 unspecified atom stereocenters. The summed E-state index contributed by atoms with van der Waals surface area (Å²) in [7, 11) is 0. The van der Waals surface area contributed by atoms with Gasteiger partial charge in [-0.2, -0.15) is 0 Å². The molecule has 24 heavy (non-hydrogen) atoms. The summed E-state index contributed by atoms with van der Waals surface area (Å²) in [5, 5.41) is 2.11. The number of carbonyl (C=O) groups is 2. The average Bonchev–Trinajstić information content (AvgIpc) is 2.65. The molecular formula is C19H22N2O3. The Balaban J connectivity index is 1.74. The van der Waals surface area contributed by atoms with E-state index in [2.05, 4.69) is 0 Å². The molecule has 0 saturated carbocycles. The van der Waals surface area contributed by atoms with Crippen LogP contribution in [0.25, 0.3) is 10.8 Å². The lowest BCUT2D eigenvalue weighted by molar-refractivity contribution is -0.142. The molecule has 2 aromatic carbocycles. The SMILES string of the molecule is CC[C@H](Oc1cccc2ccccc12)C(=O)N1CCN(C=O)CC1. The highest BCUT2D eigenvalue weighted by molar-refractivity contribution is 5.89. The third kappa shape index (κ3) is 3.35. The zero-order chi connectivity index (χ0) is 16.9. The third-order valence-electron chi connectivity index (χ3n) is 4.44. The Kier molecular flexibility index (Phi) is 4.99. The van der Waals surface area contributed by atoms with E-state index >= 15 is 0 Å². The molecule has 1 aliphatic rings. The summed E-state index contributed by atoms with van der Waals surface area (Å²) in [4.78, 5) is 27.0. The fourth-order valence-corrected chi connectivity index (χ4v) is 3.01. The lowest BCUT2D eigenvalue weighted by Crippen LogP contribution is -2.51. The monoisotopic (exact) mass is 326 g/mol. The van der Waals surface area contributed by atoms with E-state index < -0.39 is 6.10 Å². The largest absolute Gasteiger partial charge is 0.480 e. The molecule has 2 aromatic rings. The molecule has 1 saturated heterocycles. The molecule has 0 N–H and O–H groups in total. The maximum absolute atomic E-state index is 12.8. The predicted octanol–water partition coefficient (Wildman–Crippen LogP) is 2.30. The molecule has 126 valence electrons. The lowest BCUT2D eigenvalue weighted by atomic mass is 10.1. The number of carbonyl (C=O) groups excluding carboxylic acids is 2. The van der Waals surface area contributed by atoms with Crippen molar-refractivity contribution in [2.75, 3.05) is 26.2 Å². The number of amides is 2. The van der Waals surface area contributed by atoms with Crippen LogP contribution in [0.15, 0.2) is 42.5 Å². The number of fused-ring (bicyclic) bond motifs is 1. The molecule has 5 nitrogen and oxygen atoms in total. The van der Waals surface area contributed by atoms with Crippen LogP contribution in [0.4, 0.5) is 0 Å². The van der Waals surface area contributed by atoms with Crippen LogP contribution in [-0.4, -0.2) is 54.4 Å². The molecule has 1 heterocycles. The van der Waals surface area contributed by atoms with Gasteiger partial charge in [0.1, 0.15) is 5.75 Å². The molecule has 1 atom stereocenters. The lowest BCUT2D eigenvalue weighted by Gasteiger charge is -2.34. The van der Waals surface area contributed by atoms with Crippen LogP contribution in [0.1, 0.15) is 13.3 Å². The van der Waals surface area contributed by atoms with E-state index in [1.807, 2.05) is 49.4 Å². The van der Waals surface area contributed by atoms with Crippen LogP contribution in [0.3, 0.4) is 0 Å². The van der Waals surface area contributed by atoms with E-state index in [9.17, 15) is 9.59 Å². The quantitative estimate of drug-likeness (QED) is 0.792. The van der Waals surface area contributed by atoms with Crippen molar-refractivity contribution < 1.29 is 14.3 Å². The Morgan fingerprint density at radius 2 is 1.83 bits per heavy atom. The van der Waals surface area contributed by atoms with Crippen molar-refractivity contribution >= 4 is 23.1 Å². The summed E-state index contributed by atoms with van der Waals surface area (Å²) in [5.74, 6) is 0.732. The zero-order valence-corrected chi connectivity index (χ0v) is 13.9. The van der Waals surface area contributed by atoms with Crippen LogP contribution in [0, 0.1) is 0 Å². The van der Waals surface area contributed by atoms with Crippen LogP contribution in [0.5, 0.6) is 5.75 Å². The normalized spacial score (nSPS) is 16.0. The topological polar surface area (TPSA) is 49.9 Å². The van der Waals surface area contributed by atoms with E-state index in [0.717, 1.165) is 22.9 Å². The summed E-state index contributed by atoms with van der Waals surface area (Å²) < 4.78 is 6.07. The van der Waals surface area contributed by atoms with Gasteiger partial charge in [0.2, 0.25) is 6.41 Å². The molecule has 2 amide bonds. The fraction of sp³-hybridized carbons (Fsp3) is 0.368. The Labute approximate surface area is 141 Å². The van der Waals surface area contributed by atoms with Crippen molar-refractivity contribution in [3.05, 3.63) is 42.5 Å². The van der Waals surface area contributed by atoms with Crippen molar-refractivity contribution in [3.63, 3.8) is 0 Å². The van der Waals surface area contributed by atoms with Gasteiger partial charge in [-0.25, -0.2) is 0 Å². The Morgan fingerprint density at radius 1 is 1.12 bits per heavy atom. The van der Waals surface area contributed by atoms with Crippen molar-refractivity contribution in [2.24, 2.45) is 0 Å². The minimum Gasteiger partial charge on any atom is -0.480 e. The van der Waals surface area contributed by atoms with Gasteiger partial charge in [0, 0.05) is 31.6 Å². The first-order valence-electron chi connectivity index (χ1n) is 8.35. The van der Waals surface area contributed by atoms with E-state index in [4.69, 9.17) is 4.74 Å². The number of nitrogens with zero attached hydrogens (tertiary/aromatic N) is 2. The van der Waals surface area contributed by atoms with E-state index in [1.54, 1.807) is 9.80 Å². The highest BCUT2D eigenvalue weighted by atomic mass is 16.5.